The number of imidazole rings is 2. The summed E-state index contributed by atoms with van der Waals surface area (Å²) in [5.74, 6) is 1.42. The third kappa shape index (κ3) is 2.97. The van der Waals surface area contributed by atoms with E-state index < -0.39 is 0 Å². The van der Waals surface area contributed by atoms with E-state index in [0.717, 1.165) is 44.3 Å². The van der Waals surface area contributed by atoms with Gasteiger partial charge in [-0.25, -0.2) is 19.5 Å². The van der Waals surface area contributed by atoms with E-state index in [9.17, 15) is 0 Å². The second-order valence-corrected chi connectivity index (χ2v) is 10.9. The van der Waals surface area contributed by atoms with Crippen LogP contribution in [0.25, 0.3) is 76.0 Å². The van der Waals surface area contributed by atoms with Crippen molar-refractivity contribution in [3.05, 3.63) is 115 Å². The quantitative estimate of drug-likeness (QED) is 0.231. The Morgan fingerprint density at radius 3 is 2.31 bits per heavy atom. The summed E-state index contributed by atoms with van der Waals surface area (Å²) in [5, 5.41) is 3.62. The Hall–Kier alpha value is -5.07. The Labute approximate surface area is 226 Å². The maximum absolute atomic E-state index is 5.03. The van der Waals surface area contributed by atoms with Crippen LogP contribution in [0.5, 0.6) is 0 Å². The number of aromatic nitrogens is 5. The highest BCUT2D eigenvalue weighted by molar-refractivity contribution is 7.25. The van der Waals surface area contributed by atoms with Gasteiger partial charge in [0.25, 0.3) is 0 Å². The lowest BCUT2D eigenvalue weighted by molar-refractivity contribution is 0.984. The van der Waals surface area contributed by atoms with Crippen molar-refractivity contribution < 1.29 is 0 Å². The minimum Gasteiger partial charge on any atom is -0.276 e. The molecule has 6 heteroatoms. The zero-order valence-corrected chi connectivity index (χ0v) is 21.4. The van der Waals surface area contributed by atoms with Gasteiger partial charge in [0.15, 0.2) is 0 Å². The molecular weight excluding hydrogens is 498 g/mol. The predicted octanol–water partition coefficient (Wildman–Crippen LogP) is 8.41. The molecule has 0 bridgehead atoms. The molecule has 0 saturated heterocycles. The van der Waals surface area contributed by atoms with Crippen LogP contribution in [0, 0.1) is 0 Å². The van der Waals surface area contributed by atoms with Gasteiger partial charge in [0, 0.05) is 31.8 Å². The summed E-state index contributed by atoms with van der Waals surface area (Å²) in [7, 11) is 0. The predicted molar refractivity (Wildman–Crippen MR) is 161 cm³/mol. The van der Waals surface area contributed by atoms with Crippen LogP contribution in [-0.2, 0) is 0 Å². The second kappa shape index (κ2) is 7.72. The molecule has 0 aliphatic heterocycles. The summed E-state index contributed by atoms with van der Waals surface area (Å²) in [6, 6.07) is 38.4. The Bertz CT molecular complexity index is 2410. The summed E-state index contributed by atoms with van der Waals surface area (Å²) in [6.07, 6.45) is 1.89. The second-order valence-electron chi connectivity index (χ2n) is 9.81. The Morgan fingerprint density at radius 2 is 1.33 bits per heavy atom. The van der Waals surface area contributed by atoms with Gasteiger partial charge in [-0.1, -0.05) is 60.7 Å². The lowest BCUT2D eigenvalue weighted by Crippen LogP contribution is -2.01. The number of nitrogens with zero attached hydrogens (tertiary/aromatic N) is 5. The largest absolute Gasteiger partial charge is 0.276 e. The third-order valence-corrected chi connectivity index (χ3v) is 8.74. The first-order valence-corrected chi connectivity index (χ1v) is 13.7. The number of fused-ring (bicyclic) bond motifs is 9. The molecule has 9 aromatic rings. The van der Waals surface area contributed by atoms with Crippen molar-refractivity contribution in [3.8, 4) is 17.1 Å². The summed E-state index contributed by atoms with van der Waals surface area (Å²) in [4.78, 5) is 14.7. The molecule has 4 aromatic heterocycles. The highest BCUT2D eigenvalue weighted by atomic mass is 32.1. The van der Waals surface area contributed by atoms with Crippen molar-refractivity contribution in [1.82, 2.24) is 23.9 Å². The summed E-state index contributed by atoms with van der Waals surface area (Å²) in [5.41, 5.74) is 7.37. The maximum Gasteiger partial charge on any atom is 0.237 e. The Kier molecular flexibility index (Phi) is 4.14. The van der Waals surface area contributed by atoms with E-state index >= 15 is 0 Å². The number of rotatable bonds is 2. The topological polar surface area (TPSA) is 48.0 Å². The van der Waals surface area contributed by atoms with E-state index in [1.54, 1.807) is 0 Å². The van der Waals surface area contributed by atoms with Gasteiger partial charge >= 0.3 is 0 Å². The fourth-order valence-corrected chi connectivity index (χ4v) is 6.84. The van der Waals surface area contributed by atoms with E-state index in [0.29, 0.717) is 5.95 Å². The van der Waals surface area contributed by atoms with Gasteiger partial charge in [-0.2, -0.15) is 0 Å². The van der Waals surface area contributed by atoms with Crippen molar-refractivity contribution in [2.24, 2.45) is 0 Å². The zero-order valence-electron chi connectivity index (χ0n) is 20.6. The fraction of sp³-hybridized carbons (Fsp3) is 0. The maximum atomic E-state index is 5.03. The third-order valence-electron chi connectivity index (χ3n) is 7.59. The molecule has 4 heterocycles. The van der Waals surface area contributed by atoms with Gasteiger partial charge in [-0.3, -0.25) is 4.40 Å². The molecule has 182 valence electrons. The molecule has 0 N–H and O–H groups in total. The van der Waals surface area contributed by atoms with Gasteiger partial charge in [-0.15, -0.1) is 11.3 Å². The van der Waals surface area contributed by atoms with Crippen LogP contribution in [0.15, 0.2) is 115 Å². The molecule has 0 saturated carbocycles. The van der Waals surface area contributed by atoms with E-state index in [2.05, 4.69) is 87.8 Å². The highest BCUT2D eigenvalue weighted by Crippen LogP contribution is 2.37. The van der Waals surface area contributed by atoms with Crippen LogP contribution in [0.2, 0.25) is 0 Å². The number of hydrogen-bond acceptors (Lipinski definition) is 4. The highest BCUT2D eigenvalue weighted by Gasteiger charge is 2.19. The average Bonchev–Trinajstić information content (AvgIpc) is 3.65. The van der Waals surface area contributed by atoms with Crippen molar-refractivity contribution >= 4 is 70.3 Å². The lowest BCUT2D eigenvalue weighted by Gasteiger charge is -2.06. The smallest absolute Gasteiger partial charge is 0.237 e. The van der Waals surface area contributed by atoms with Crippen molar-refractivity contribution in [2.45, 2.75) is 0 Å². The fourth-order valence-electron chi connectivity index (χ4n) is 5.75. The van der Waals surface area contributed by atoms with E-state index in [1.807, 2.05) is 47.9 Å². The molecule has 0 spiro atoms. The van der Waals surface area contributed by atoms with Crippen molar-refractivity contribution in [1.29, 1.82) is 0 Å². The van der Waals surface area contributed by atoms with E-state index in [4.69, 9.17) is 15.0 Å². The molecule has 0 fully saturated rings. The average molecular weight is 518 g/mol. The van der Waals surface area contributed by atoms with Crippen molar-refractivity contribution in [3.63, 3.8) is 0 Å². The standard InChI is InChI=1S/C33H19N5S/c1-3-9-25-22(7-1)19-34-32(35-25)38-28-15-13-21(18-29(28)37-27-11-5-4-10-26(27)36-33(37)38)20-14-16-31-24(17-20)23-8-2-6-12-30(23)39-31/h1-19H. The molecular formula is C33H19N5S. The molecule has 0 unspecified atom stereocenters. The summed E-state index contributed by atoms with van der Waals surface area (Å²) >= 11 is 1.84. The van der Waals surface area contributed by atoms with Gasteiger partial charge in [-0.05, 0) is 59.7 Å². The van der Waals surface area contributed by atoms with Crippen LogP contribution < -0.4 is 0 Å². The van der Waals surface area contributed by atoms with Crippen LogP contribution in [0.3, 0.4) is 0 Å². The van der Waals surface area contributed by atoms with Crippen LogP contribution in [-0.4, -0.2) is 23.9 Å². The molecule has 39 heavy (non-hydrogen) atoms. The first-order valence-electron chi connectivity index (χ1n) is 12.9. The normalized spacial score (nSPS) is 12.1. The summed E-state index contributed by atoms with van der Waals surface area (Å²) in [6.45, 7) is 0. The molecule has 5 aromatic carbocycles. The first kappa shape index (κ1) is 20.9. The van der Waals surface area contributed by atoms with Gasteiger partial charge in [0.05, 0.1) is 27.6 Å². The van der Waals surface area contributed by atoms with Gasteiger partial charge in [0.1, 0.15) is 0 Å². The molecule has 0 radical (unpaired) electrons. The minimum atomic E-state index is 0.614. The lowest BCUT2D eigenvalue weighted by atomic mass is 10.0. The SMILES string of the molecule is c1ccc2nc(-n3c4ccc(-c5ccc6sc7ccccc7c6c5)cc4n4c5ccccc5nc34)ncc2c1. The monoisotopic (exact) mass is 517 g/mol. The first-order chi connectivity index (χ1) is 19.3. The van der Waals surface area contributed by atoms with E-state index in [1.165, 1.54) is 25.7 Å². The molecule has 0 atom stereocenters. The zero-order chi connectivity index (χ0) is 25.5. The molecule has 0 amide bonds. The molecule has 0 aliphatic rings. The van der Waals surface area contributed by atoms with Gasteiger partial charge in [0.2, 0.25) is 11.7 Å². The van der Waals surface area contributed by atoms with Crippen molar-refractivity contribution in [2.75, 3.05) is 0 Å². The molecule has 0 aliphatic carbocycles. The summed E-state index contributed by atoms with van der Waals surface area (Å²) < 4.78 is 6.93. The molecule has 5 nitrogen and oxygen atoms in total. The van der Waals surface area contributed by atoms with E-state index in [-0.39, 0.29) is 0 Å². The number of hydrogen-bond donors (Lipinski definition) is 0. The number of para-hydroxylation sites is 3. The Morgan fingerprint density at radius 1 is 0.564 bits per heavy atom. The van der Waals surface area contributed by atoms with Crippen LogP contribution in [0.4, 0.5) is 0 Å². The van der Waals surface area contributed by atoms with Crippen LogP contribution >= 0.6 is 11.3 Å². The van der Waals surface area contributed by atoms with Crippen LogP contribution in [0.1, 0.15) is 0 Å². The number of benzene rings is 5. The molecule has 9 rings (SSSR count). The number of thiophene rings is 1. The minimum absolute atomic E-state index is 0.614. The van der Waals surface area contributed by atoms with Gasteiger partial charge < -0.3 is 0 Å². The Balaban J connectivity index is 1.33.